The van der Waals surface area contributed by atoms with Gasteiger partial charge in [-0.1, -0.05) is 31.2 Å². The van der Waals surface area contributed by atoms with Crippen molar-refractivity contribution in [2.24, 2.45) is 5.92 Å². The molecule has 1 saturated heterocycles. The van der Waals surface area contributed by atoms with E-state index in [1.54, 1.807) is 0 Å². The molecule has 0 radical (unpaired) electrons. The average Bonchev–Trinajstić information content (AvgIpc) is 2.37. The maximum Gasteiger partial charge on any atom is 0.0256 e. The Balaban J connectivity index is 2.27. The molecular weight excluding hydrogens is 134 g/mol. The Labute approximate surface area is 69.2 Å². The minimum atomic E-state index is 0.612. The van der Waals surface area contributed by atoms with Crippen LogP contribution in [-0.2, 0) is 0 Å². The third-order valence-electron chi connectivity index (χ3n) is 2.03. The highest BCUT2D eigenvalue weighted by atomic mass is 14.9. The highest BCUT2D eigenvalue weighted by molar-refractivity contribution is 5.07. The molecule has 2 atom stereocenters. The molecule has 11 heavy (non-hydrogen) atoms. The largest absolute Gasteiger partial charge is 0.310 e. The van der Waals surface area contributed by atoms with Crippen molar-refractivity contribution in [3.63, 3.8) is 0 Å². The Bertz CT molecular complexity index is 158. The van der Waals surface area contributed by atoms with E-state index < -0.39 is 0 Å². The molecule has 1 aliphatic rings. The van der Waals surface area contributed by atoms with Gasteiger partial charge in [-0.25, -0.2) is 0 Å². The molecule has 1 rings (SSSR count). The Hall–Kier alpha value is -0.560. The van der Waals surface area contributed by atoms with Gasteiger partial charge in [0.05, 0.1) is 0 Å². The van der Waals surface area contributed by atoms with Gasteiger partial charge >= 0.3 is 0 Å². The molecule has 1 aliphatic heterocycles. The third-order valence-corrected chi connectivity index (χ3v) is 2.03. The van der Waals surface area contributed by atoms with Crippen molar-refractivity contribution in [2.75, 3.05) is 6.54 Å². The molecule has 0 spiro atoms. The molecular formula is C10H17N. The summed E-state index contributed by atoms with van der Waals surface area (Å²) in [6.45, 7) is 5.50. The zero-order chi connectivity index (χ0) is 8.10. The summed E-state index contributed by atoms with van der Waals surface area (Å²) in [5.74, 6) is 0.843. The van der Waals surface area contributed by atoms with E-state index in [4.69, 9.17) is 0 Å². The monoisotopic (exact) mass is 151 g/mol. The number of hydrogen-bond acceptors (Lipinski definition) is 1. The van der Waals surface area contributed by atoms with Crippen LogP contribution in [0, 0.1) is 5.92 Å². The summed E-state index contributed by atoms with van der Waals surface area (Å²) < 4.78 is 0. The summed E-state index contributed by atoms with van der Waals surface area (Å²) in [6, 6.07) is 0.612. The summed E-state index contributed by atoms with van der Waals surface area (Å²) >= 11 is 0. The van der Waals surface area contributed by atoms with Crippen LogP contribution < -0.4 is 5.32 Å². The summed E-state index contributed by atoms with van der Waals surface area (Å²) in [7, 11) is 0. The van der Waals surface area contributed by atoms with Crippen LogP contribution in [0.15, 0.2) is 24.3 Å². The van der Waals surface area contributed by atoms with Crippen molar-refractivity contribution in [1.82, 2.24) is 5.32 Å². The van der Waals surface area contributed by atoms with Crippen molar-refractivity contribution in [3.05, 3.63) is 24.3 Å². The standard InChI is InChI=1S/C10H17N/c1-3-4-5-6-10-7-9(2)8-11-10/h3-6,9-11H,7-8H2,1-2H3. The van der Waals surface area contributed by atoms with Gasteiger partial charge in [0.2, 0.25) is 0 Å². The van der Waals surface area contributed by atoms with Crippen LogP contribution in [-0.4, -0.2) is 12.6 Å². The first-order chi connectivity index (χ1) is 5.33. The van der Waals surface area contributed by atoms with Crippen LogP contribution in [0.25, 0.3) is 0 Å². The van der Waals surface area contributed by atoms with E-state index in [1.807, 2.05) is 6.92 Å². The molecule has 1 heterocycles. The zero-order valence-corrected chi connectivity index (χ0v) is 7.38. The first-order valence-corrected chi connectivity index (χ1v) is 4.36. The molecule has 0 aliphatic carbocycles. The minimum absolute atomic E-state index is 0.612. The van der Waals surface area contributed by atoms with Crippen LogP contribution in [0.4, 0.5) is 0 Å². The number of allylic oxidation sites excluding steroid dienone is 3. The highest BCUT2D eigenvalue weighted by Gasteiger charge is 2.16. The second-order valence-electron chi connectivity index (χ2n) is 3.27. The van der Waals surface area contributed by atoms with Crippen molar-refractivity contribution in [2.45, 2.75) is 26.3 Å². The van der Waals surface area contributed by atoms with E-state index in [9.17, 15) is 0 Å². The fourth-order valence-corrected chi connectivity index (χ4v) is 1.41. The lowest BCUT2D eigenvalue weighted by atomic mass is 10.1. The van der Waals surface area contributed by atoms with Crippen LogP contribution in [0.2, 0.25) is 0 Å². The second kappa shape index (κ2) is 4.35. The maximum absolute atomic E-state index is 3.44. The quantitative estimate of drug-likeness (QED) is 0.596. The predicted molar refractivity (Wildman–Crippen MR) is 49.5 cm³/mol. The predicted octanol–water partition coefficient (Wildman–Crippen LogP) is 2.12. The molecule has 1 fully saturated rings. The molecule has 2 unspecified atom stereocenters. The van der Waals surface area contributed by atoms with Gasteiger partial charge in [-0.3, -0.25) is 0 Å². The van der Waals surface area contributed by atoms with Gasteiger partial charge in [-0.05, 0) is 25.8 Å². The first-order valence-electron chi connectivity index (χ1n) is 4.36. The molecule has 0 amide bonds. The Kier molecular flexibility index (Phi) is 3.37. The van der Waals surface area contributed by atoms with Gasteiger partial charge in [0.15, 0.2) is 0 Å². The fraction of sp³-hybridized carbons (Fsp3) is 0.600. The second-order valence-corrected chi connectivity index (χ2v) is 3.27. The van der Waals surface area contributed by atoms with Crippen LogP contribution >= 0.6 is 0 Å². The topological polar surface area (TPSA) is 12.0 Å². The third kappa shape index (κ3) is 2.89. The number of nitrogens with one attached hydrogen (secondary N) is 1. The summed E-state index contributed by atoms with van der Waals surface area (Å²) in [5.41, 5.74) is 0. The van der Waals surface area contributed by atoms with Crippen LogP contribution in [0.1, 0.15) is 20.3 Å². The molecule has 0 aromatic carbocycles. The van der Waals surface area contributed by atoms with Crippen molar-refractivity contribution < 1.29 is 0 Å². The van der Waals surface area contributed by atoms with E-state index in [-0.39, 0.29) is 0 Å². The lowest BCUT2D eigenvalue weighted by molar-refractivity contribution is 0.641. The van der Waals surface area contributed by atoms with Gasteiger partial charge in [0.1, 0.15) is 0 Å². The number of hydrogen-bond donors (Lipinski definition) is 1. The van der Waals surface area contributed by atoms with Gasteiger partial charge in [-0.2, -0.15) is 0 Å². The summed E-state index contributed by atoms with van der Waals surface area (Å²) in [5, 5.41) is 3.44. The molecule has 62 valence electrons. The first kappa shape index (κ1) is 8.54. The van der Waals surface area contributed by atoms with Crippen molar-refractivity contribution >= 4 is 0 Å². The van der Waals surface area contributed by atoms with E-state index in [1.165, 1.54) is 13.0 Å². The van der Waals surface area contributed by atoms with Crippen molar-refractivity contribution in [1.29, 1.82) is 0 Å². The van der Waals surface area contributed by atoms with Crippen LogP contribution in [0.5, 0.6) is 0 Å². The summed E-state index contributed by atoms with van der Waals surface area (Å²) in [6.07, 6.45) is 9.77. The van der Waals surface area contributed by atoms with E-state index in [0.29, 0.717) is 6.04 Å². The fourth-order valence-electron chi connectivity index (χ4n) is 1.41. The van der Waals surface area contributed by atoms with Gasteiger partial charge < -0.3 is 5.32 Å². The molecule has 0 aromatic rings. The van der Waals surface area contributed by atoms with E-state index >= 15 is 0 Å². The molecule has 1 heteroatoms. The average molecular weight is 151 g/mol. The normalized spacial score (nSPS) is 32.5. The van der Waals surface area contributed by atoms with Gasteiger partial charge in [0, 0.05) is 6.04 Å². The van der Waals surface area contributed by atoms with Gasteiger partial charge in [0.25, 0.3) is 0 Å². The smallest absolute Gasteiger partial charge is 0.0256 e. The molecule has 1 N–H and O–H groups in total. The Morgan fingerprint density at radius 2 is 2.18 bits per heavy atom. The molecule has 1 nitrogen and oxygen atoms in total. The molecule has 0 saturated carbocycles. The van der Waals surface area contributed by atoms with Gasteiger partial charge in [-0.15, -0.1) is 0 Å². The zero-order valence-electron chi connectivity index (χ0n) is 7.38. The molecule has 0 aromatic heterocycles. The number of rotatable bonds is 2. The lowest BCUT2D eigenvalue weighted by Gasteiger charge is -2.00. The maximum atomic E-state index is 3.44. The summed E-state index contributed by atoms with van der Waals surface area (Å²) in [4.78, 5) is 0. The minimum Gasteiger partial charge on any atom is -0.310 e. The Morgan fingerprint density at radius 1 is 1.36 bits per heavy atom. The lowest BCUT2D eigenvalue weighted by Crippen LogP contribution is -2.18. The molecule has 0 bridgehead atoms. The highest BCUT2D eigenvalue weighted by Crippen LogP contribution is 2.13. The van der Waals surface area contributed by atoms with Crippen molar-refractivity contribution in [3.8, 4) is 0 Å². The van der Waals surface area contributed by atoms with E-state index in [2.05, 4.69) is 36.5 Å². The van der Waals surface area contributed by atoms with Crippen LogP contribution in [0.3, 0.4) is 0 Å². The SMILES string of the molecule is CC=CC=CC1CC(C)CN1. The Morgan fingerprint density at radius 3 is 2.73 bits per heavy atom. The van der Waals surface area contributed by atoms with E-state index in [0.717, 1.165) is 5.92 Å².